The maximum atomic E-state index is 12.4. The predicted molar refractivity (Wildman–Crippen MR) is 132 cm³/mol. The van der Waals surface area contributed by atoms with Gasteiger partial charge in [0.25, 0.3) is 5.91 Å². The molecule has 1 amide bonds. The second-order valence-corrected chi connectivity index (χ2v) is 9.58. The molecule has 0 spiro atoms. The van der Waals surface area contributed by atoms with Crippen LogP contribution in [0.15, 0.2) is 77.9 Å². The molecule has 0 atom stereocenters. The monoisotopic (exact) mass is 479 g/mol. The average molecular weight is 480 g/mol. The first kappa shape index (κ1) is 24.7. The van der Waals surface area contributed by atoms with Crippen molar-refractivity contribution in [2.24, 2.45) is 5.10 Å². The highest BCUT2D eigenvalue weighted by molar-refractivity contribution is 7.92. The SMILES string of the molecule is Cc1ccc(N(CC(=O)N/N=C\c2ccc(OC(=O)c3ccccc3)cc2)S(C)(=O)=O)c(C)c1. The minimum absolute atomic E-state index is 0.368. The largest absolute Gasteiger partial charge is 0.423 e. The van der Waals surface area contributed by atoms with Gasteiger partial charge in [0.15, 0.2) is 0 Å². The molecule has 0 unspecified atom stereocenters. The first-order valence-electron chi connectivity index (χ1n) is 10.4. The minimum Gasteiger partial charge on any atom is -0.423 e. The van der Waals surface area contributed by atoms with E-state index in [1.165, 1.54) is 6.21 Å². The Bertz CT molecular complexity index is 1300. The Labute approximate surface area is 198 Å². The quantitative estimate of drug-likeness (QED) is 0.231. The number of carbonyl (C=O) groups excluding carboxylic acids is 2. The highest BCUT2D eigenvalue weighted by atomic mass is 32.2. The molecule has 0 aliphatic carbocycles. The summed E-state index contributed by atoms with van der Waals surface area (Å²) in [4.78, 5) is 24.5. The Morgan fingerprint density at radius 1 is 1.00 bits per heavy atom. The highest BCUT2D eigenvalue weighted by Crippen LogP contribution is 2.23. The molecule has 3 aromatic rings. The number of amides is 1. The zero-order valence-corrected chi connectivity index (χ0v) is 19.9. The van der Waals surface area contributed by atoms with E-state index in [1.807, 2.05) is 19.1 Å². The van der Waals surface area contributed by atoms with Crippen LogP contribution < -0.4 is 14.5 Å². The molecule has 3 rings (SSSR count). The molecule has 1 N–H and O–H groups in total. The number of hydrazone groups is 1. The number of carbonyl (C=O) groups is 2. The van der Waals surface area contributed by atoms with Crippen molar-refractivity contribution in [3.05, 3.63) is 95.1 Å². The van der Waals surface area contributed by atoms with Gasteiger partial charge < -0.3 is 4.74 Å². The number of nitrogens with one attached hydrogen (secondary N) is 1. The molecule has 34 heavy (non-hydrogen) atoms. The van der Waals surface area contributed by atoms with Crippen LogP contribution in [0, 0.1) is 13.8 Å². The predicted octanol–water partition coefficient (Wildman–Crippen LogP) is 3.44. The number of anilines is 1. The fourth-order valence-electron chi connectivity index (χ4n) is 3.17. The number of sulfonamides is 1. The molecule has 0 aromatic heterocycles. The standard InChI is InChI=1S/C25H25N3O5S/c1-18-9-14-23(19(2)15-18)28(34(3,31)32)17-24(29)27-26-16-20-10-12-22(13-11-20)33-25(30)21-7-5-4-6-8-21/h4-16H,17H2,1-3H3,(H,27,29)/b26-16-. The summed E-state index contributed by atoms with van der Waals surface area (Å²) in [5.41, 5.74) is 5.61. The van der Waals surface area contributed by atoms with Crippen LogP contribution in [0.1, 0.15) is 27.0 Å². The van der Waals surface area contributed by atoms with Crippen LogP contribution in [-0.4, -0.2) is 39.3 Å². The molecular formula is C25H25N3O5S. The van der Waals surface area contributed by atoms with E-state index >= 15 is 0 Å². The van der Waals surface area contributed by atoms with E-state index in [9.17, 15) is 18.0 Å². The lowest BCUT2D eigenvalue weighted by atomic mass is 10.1. The number of benzene rings is 3. The molecule has 176 valence electrons. The molecule has 0 saturated heterocycles. The number of hydrogen-bond donors (Lipinski definition) is 1. The number of nitrogens with zero attached hydrogens (tertiary/aromatic N) is 2. The minimum atomic E-state index is -3.68. The van der Waals surface area contributed by atoms with Crippen LogP contribution in [0.25, 0.3) is 0 Å². The smallest absolute Gasteiger partial charge is 0.343 e. The molecule has 0 fully saturated rings. The van der Waals surface area contributed by atoms with E-state index in [1.54, 1.807) is 67.6 Å². The van der Waals surface area contributed by atoms with Gasteiger partial charge in [-0.05, 0) is 67.4 Å². The van der Waals surface area contributed by atoms with Gasteiger partial charge in [-0.3, -0.25) is 9.10 Å². The van der Waals surface area contributed by atoms with Crippen molar-refractivity contribution in [3.8, 4) is 5.75 Å². The molecule has 0 heterocycles. The van der Waals surface area contributed by atoms with Crippen LogP contribution in [-0.2, 0) is 14.8 Å². The van der Waals surface area contributed by atoms with Gasteiger partial charge in [0.1, 0.15) is 12.3 Å². The summed E-state index contributed by atoms with van der Waals surface area (Å²) in [6.45, 7) is 3.29. The lowest BCUT2D eigenvalue weighted by molar-refractivity contribution is -0.119. The number of aryl methyl sites for hydroxylation is 2. The Morgan fingerprint density at radius 3 is 2.29 bits per heavy atom. The van der Waals surface area contributed by atoms with Gasteiger partial charge in [-0.15, -0.1) is 0 Å². The van der Waals surface area contributed by atoms with Crippen LogP contribution in [0.5, 0.6) is 5.75 Å². The van der Waals surface area contributed by atoms with Crippen molar-refractivity contribution in [2.45, 2.75) is 13.8 Å². The zero-order chi connectivity index (χ0) is 24.7. The first-order valence-corrected chi connectivity index (χ1v) is 12.2. The third kappa shape index (κ3) is 6.76. The lowest BCUT2D eigenvalue weighted by Crippen LogP contribution is -2.39. The van der Waals surface area contributed by atoms with Crippen LogP contribution in [0.4, 0.5) is 5.69 Å². The number of ether oxygens (including phenoxy) is 1. The van der Waals surface area contributed by atoms with E-state index in [0.29, 0.717) is 22.6 Å². The summed E-state index contributed by atoms with van der Waals surface area (Å²) in [5, 5.41) is 3.89. The zero-order valence-electron chi connectivity index (χ0n) is 19.1. The fraction of sp³-hybridized carbons (Fsp3) is 0.160. The molecule has 0 aliphatic rings. The lowest BCUT2D eigenvalue weighted by Gasteiger charge is -2.23. The van der Waals surface area contributed by atoms with Crippen LogP contribution in [0.3, 0.4) is 0 Å². The van der Waals surface area contributed by atoms with Crippen LogP contribution in [0.2, 0.25) is 0 Å². The number of esters is 1. The molecule has 0 radical (unpaired) electrons. The van der Waals surface area contributed by atoms with Gasteiger partial charge in [-0.2, -0.15) is 5.10 Å². The Balaban J connectivity index is 1.59. The van der Waals surface area contributed by atoms with Gasteiger partial charge >= 0.3 is 5.97 Å². The second kappa shape index (κ2) is 10.8. The summed E-state index contributed by atoms with van der Waals surface area (Å²) in [7, 11) is -3.68. The van der Waals surface area contributed by atoms with Crippen LogP contribution >= 0.6 is 0 Å². The normalized spacial score (nSPS) is 11.3. The van der Waals surface area contributed by atoms with Gasteiger partial charge in [0.05, 0.1) is 23.7 Å². The Hall–Kier alpha value is -3.98. The molecule has 0 saturated carbocycles. The summed E-state index contributed by atoms with van der Waals surface area (Å²) in [6.07, 6.45) is 2.46. The Morgan fingerprint density at radius 2 is 1.68 bits per heavy atom. The summed E-state index contributed by atoms with van der Waals surface area (Å²) in [6, 6.07) is 20.5. The first-order chi connectivity index (χ1) is 16.1. The topological polar surface area (TPSA) is 105 Å². The molecular weight excluding hydrogens is 454 g/mol. The van der Waals surface area contributed by atoms with Crippen molar-refractivity contribution in [2.75, 3.05) is 17.1 Å². The molecule has 0 bridgehead atoms. The summed E-state index contributed by atoms with van der Waals surface area (Å²) in [5.74, 6) is -0.684. The third-order valence-electron chi connectivity index (χ3n) is 4.81. The van der Waals surface area contributed by atoms with Crippen molar-refractivity contribution in [1.82, 2.24) is 5.43 Å². The van der Waals surface area contributed by atoms with E-state index in [0.717, 1.165) is 21.7 Å². The fourth-order valence-corrected chi connectivity index (χ4v) is 4.09. The molecule has 8 nitrogen and oxygen atoms in total. The van der Waals surface area contributed by atoms with Gasteiger partial charge in [0, 0.05) is 0 Å². The summed E-state index contributed by atoms with van der Waals surface area (Å²) < 4.78 is 30.9. The maximum absolute atomic E-state index is 12.4. The van der Waals surface area contributed by atoms with Crippen molar-refractivity contribution in [3.63, 3.8) is 0 Å². The number of hydrogen-bond acceptors (Lipinski definition) is 6. The molecule has 3 aromatic carbocycles. The van der Waals surface area contributed by atoms with Gasteiger partial charge in [0.2, 0.25) is 10.0 Å². The van der Waals surface area contributed by atoms with Gasteiger partial charge in [-0.1, -0.05) is 35.9 Å². The van der Waals surface area contributed by atoms with Gasteiger partial charge in [-0.25, -0.2) is 18.6 Å². The van der Waals surface area contributed by atoms with E-state index in [4.69, 9.17) is 4.74 Å². The highest BCUT2D eigenvalue weighted by Gasteiger charge is 2.22. The van der Waals surface area contributed by atoms with Crippen molar-refractivity contribution >= 4 is 33.8 Å². The Kier molecular flexibility index (Phi) is 7.80. The second-order valence-electron chi connectivity index (χ2n) is 7.68. The summed E-state index contributed by atoms with van der Waals surface area (Å²) >= 11 is 0. The average Bonchev–Trinajstić information content (AvgIpc) is 2.79. The molecule has 0 aliphatic heterocycles. The van der Waals surface area contributed by atoms with Crippen molar-refractivity contribution in [1.29, 1.82) is 0 Å². The third-order valence-corrected chi connectivity index (χ3v) is 5.94. The number of rotatable bonds is 8. The maximum Gasteiger partial charge on any atom is 0.343 e. The van der Waals surface area contributed by atoms with E-state index in [2.05, 4.69) is 10.5 Å². The van der Waals surface area contributed by atoms with E-state index < -0.39 is 28.4 Å². The van der Waals surface area contributed by atoms with Crippen molar-refractivity contribution < 1.29 is 22.7 Å². The van der Waals surface area contributed by atoms with E-state index in [-0.39, 0.29) is 0 Å². The molecule has 9 heteroatoms.